The number of aliphatic hydroxyl groups is 16. The molecule has 0 atom stereocenters. The van der Waals surface area contributed by atoms with Gasteiger partial charge in [0, 0.05) is 121 Å². The normalized spacial score (nSPS) is 10.9. The maximum absolute atomic E-state index is 10.2. The average Bonchev–Trinajstić information content (AvgIpc) is 0.782. The second-order valence-corrected chi connectivity index (χ2v) is 32.6. The quantitative estimate of drug-likeness (QED) is 0.0194. The standard InChI is InChI=1S/C17H20O6.2C17H20O4.C16H18O6.C14H22O2.C11H16O2.C10H14O6/c18-6-12-2-10(3-13(7-19)16(12)22)1-11-4-14(8-20)17(23)15(5-11)9-21;1-10-3-12(6-14(8-18)16(10)20)5-13-4-11(2)17(21)15(7-13)9-19;1-10-3-12(16(20)14(5-10)8-18)7-13-4-11(2)6-15(9-19)17(13)21;17-5-11-1-9(2-12(6-18)15(11)21)10-3-13(7-19)16(22)14(4-10)8-20;1-6-10-7-12(14(2,3)4)8-11(9-16-5)13(10)15;1-4-9-5-8(2)6-10(7-13-3)11(9)12;11-1-5-6(2-12)10(16)8(4-14)7(3-13)9(5)15/h2-5,18-23H,1,6-9H2;3-4,6-7,18-21H,5,8-9H2,1-2H3;3-6,18-21H,7-9H2,1-2H3;1-4,17-22H,5-8H2;7-8,15H,6,9H2,1-5H3;5-6,12H,4,7H2,1-3H3;11-16H,1-4H2. The number of methoxy groups -OCH3 is 2. The summed E-state index contributed by atoms with van der Waals surface area (Å²) >= 11 is 0. The highest BCUT2D eigenvalue weighted by Crippen LogP contribution is 2.41. The van der Waals surface area contributed by atoms with Gasteiger partial charge < -0.3 is 152 Å². The number of rotatable bonds is 29. The first-order valence-electron chi connectivity index (χ1n) is 42.3. The van der Waals surface area contributed by atoms with Crippen molar-refractivity contribution in [3.05, 3.63) is 299 Å². The lowest BCUT2D eigenvalue weighted by molar-refractivity contribution is 0.181. The lowest BCUT2D eigenvalue weighted by atomic mass is 9.84. The highest BCUT2D eigenvalue weighted by Gasteiger charge is 2.25. The molecule has 11 rings (SSSR count). The van der Waals surface area contributed by atoms with Gasteiger partial charge in [-0.1, -0.05) is 106 Å². The van der Waals surface area contributed by atoms with E-state index in [4.69, 9.17) is 29.9 Å². The molecule has 11 aromatic rings. The summed E-state index contributed by atoms with van der Waals surface area (Å²) in [6.07, 6.45) is 3.01. The summed E-state index contributed by atoms with van der Waals surface area (Å²) in [6.45, 7) is 14.7. The van der Waals surface area contributed by atoms with Crippen LogP contribution in [0.4, 0.5) is 0 Å². The van der Waals surface area contributed by atoms with Crippen molar-refractivity contribution in [3.63, 3.8) is 0 Å². The summed E-state index contributed by atoms with van der Waals surface area (Å²) in [5.41, 5.74) is 19.4. The van der Waals surface area contributed by atoms with E-state index in [0.717, 1.165) is 79.6 Å². The van der Waals surface area contributed by atoms with E-state index in [2.05, 4.69) is 33.8 Å². The second-order valence-electron chi connectivity index (χ2n) is 32.6. The van der Waals surface area contributed by atoms with Crippen LogP contribution in [0.5, 0.6) is 69.0 Å². The van der Waals surface area contributed by atoms with Gasteiger partial charge in [-0.2, -0.15) is 0 Å². The monoisotopic (exact) mass is 1830 g/mol. The Morgan fingerprint density at radius 3 is 0.659 bits per heavy atom. The molecule has 28 N–H and O–H groups in total. The molecule has 0 saturated heterocycles. The SMILES string of the molecule is CCc1cc(C(C)(C)C)cc(COC)c1O.CCc1cc(C)cc(COC)c1O.Cc1cc(CO)c(O)c(Cc2cc(C)cc(CO)c2O)c1.Cc1cc(Cc2cc(C)c(O)c(CO)c2)cc(CO)c1O.OCc1c(O)c(CO)c(CO)c(O)c1CO.OCc1cc(-c2cc(CO)c(O)c(CO)c2)cc(CO)c1O.OCc1cc(Cc2cc(CO)c(O)c(CO)c2)cc(CO)c1O. The Labute approximate surface area is 768 Å². The van der Waals surface area contributed by atoms with Crippen LogP contribution < -0.4 is 0 Å². The predicted octanol–water partition coefficient (Wildman–Crippen LogP) is 10.8. The number of benzene rings is 11. The van der Waals surface area contributed by atoms with Gasteiger partial charge in [0.15, 0.2) is 0 Å². The molecule has 0 amide bonds. The summed E-state index contributed by atoms with van der Waals surface area (Å²) in [6, 6.07) is 35.2. The van der Waals surface area contributed by atoms with Crippen LogP contribution >= 0.6 is 0 Å². The molecule has 0 saturated carbocycles. The van der Waals surface area contributed by atoms with Gasteiger partial charge in [-0.05, 0) is 205 Å². The van der Waals surface area contributed by atoms with E-state index in [-0.39, 0.29) is 149 Å². The number of hydrogen-bond donors (Lipinski definition) is 28. The van der Waals surface area contributed by atoms with E-state index in [0.29, 0.717) is 111 Å². The van der Waals surface area contributed by atoms with Crippen LogP contribution in [0.2, 0.25) is 0 Å². The highest BCUT2D eigenvalue weighted by molar-refractivity contribution is 5.71. The van der Waals surface area contributed by atoms with Crippen LogP contribution in [0.15, 0.2) is 121 Å². The second kappa shape index (κ2) is 53.1. The van der Waals surface area contributed by atoms with Gasteiger partial charge in [-0.15, -0.1) is 0 Å². The Morgan fingerprint density at radius 1 is 0.212 bits per heavy atom. The van der Waals surface area contributed by atoms with Gasteiger partial charge in [0.1, 0.15) is 69.0 Å². The van der Waals surface area contributed by atoms with E-state index in [1.807, 2.05) is 70.2 Å². The maximum atomic E-state index is 10.2. The molecule has 30 heteroatoms. The number of aryl methyl sites for hydroxylation is 7. The fourth-order valence-corrected chi connectivity index (χ4v) is 14.9. The lowest BCUT2D eigenvalue weighted by Gasteiger charge is -2.22. The first-order chi connectivity index (χ1) is 62.7. The molecule has 0 aliphatic heterocycles. The number of aliphatic hydroxyl groups excluding tert-OH is 16. The third kappa shape index (κ3) is 29.2. The van der Waals surface area contributed by atoms with Crippen molar-refractivity contribution >= 4 is 0 Å². The predicted molar refractivity (Wildman–Crippen MR) is 496 cm³/mol. The zero-order valence-electron chi connectivity index (χ0n) is 76.6. The van der Waals surface area contributed by atoms with Gasteiger partial charge in [0.2, 0.25) is 0 Å². The lowest BCUT2D eigenvalue weighted by Crippen LogP contribution is -2.12. The van der Waals surface area contributed by atoms with E-state index in [1.165, 1.54) is 11.1 Å². The Kier molecular flexibility index (Phi) is 44.6. The molecule has 0 fully saturated rings. The summed E-state index contributed by atoms with van der Waals surface area (Å²) in [5, 5.41) is 266. The van der Waals surface area contributed by atoms with Crippen LogP contribution in [0.1, 0.15) is 213 Å². The third-order valence-electron chi connectivity index (χ3n) is 21.9. The Balaban J connectivity index is 0.000000274. The highest BCUT2D eigenvalue weighted by atomic mass is 16.5. The van der Waals surface area contributed by atoms with E-state index in [1.54, 1.807) is 101 Å². The molecule has 0 bridgehead atoms. The first-order valence-corrected chi connectivity index (χ1v) is 42.3. The minimum absolute atomic E-state index is 0.0505. The molecule has 11 aromatic carbocycles. The van der Waals surface area contributed by atoms with Crippen molar-refractivity contribution < 1.29 is 152 Å². The van der Waals surface area contributed by atoms with Crippen molar-refractivity contribution in [2.24, 2.45) is 0 Å². The Bertz CT molecular complexity index is 5230. The fraction of sp³-hybridized carbons (Fsp3) is 0.353. The van der Waals surface area contributed by atoms with Crippen LogP contribution in [0, 0.1) is 34.6 Å². The number of phenols is 12. The zero-order chi connectivity index (χ0) is 98.9. The molecular weight excluding hydrogens is 1710 g/mol. The zero-order valence-corrected chi connectivity index (χ0v) is 76.6. The summed E-state index contributed by atoms with van der Waals surface area (Å²) in [5.74, 6) is -0.315. The van der Waals surface area contributed by atoms with Gasteiger partial charge in [-0.25, -0.2) is 0 Å². The number of hydrogen-bond acceptors (Lipinski definition) is 30. The van der Waals surface area contributed by atoms with Crippen LogP contribution in [-0.4, -0.2) is 157 Å². The number of ether oxygens (including phenoxy) is 2. The van der Waals surface area contributed by atoms with Gasteiger partial charge >= 0.3 is 0 Å². The van der Waals surface area contributed by atoms with Gasteiger partial charge in [-0.3, -0.25) is 0 Å². The minimum atomic E-state index is -0.589. The fourth-order valence-electron chi connectivity index (χ4n) is 14.9. The molecule has 0 unspecified atom stereocenters. The van der Waals surface area contributed by atoms with Crippen molar-refractivity contribution in [3.8, 4) is 80.1 Å². The van der Waals surface area contributed by atoms with Gasteiger partial charge in [0.25, 0.3) is 0 Å². The molecule has 0 aromatic heterocycles. The maximum Gasteiger partial charge on any atom is 0.127 e. The summed E-state index contributed by atoms with van der Waals surface area (Å²) in [7, 11) is 3.28. The van der Waals surface area contributed by atoms with Crippen molar-refractivity contribution in [1.82, 2.24) is 0 Å². The molecule has 0 heterocycles. The summed E-state index contributed by atoms with van der Waals surface area (Å²) < 4.78 is 10.1. The molecule has 132 heavy (non-hydrogen) atoms. The first kappa shape index (κ1) is 111. The van der Waals surface area contributed by atoms with Crippen molar-refractivity contribution in [2.45, 2.75) is 226 Å². The van der Waals surface area contributed by atoms with E-state index in [9.17, 15) is 123 Å². The van der Waals surface area contributed by atoms with Crippen LogP contribution in [-0.2, 0) is 166 Å². The van der Waals surface area contributed by atoms with E-state index >= 15 is 0 Å². The third-order valence-corrected chi connectivity index (χ3v) is 21.9. The Hall–Kier alpha value is -11.7. The average molecular weight is 1840 g/mol. The molecule has 718 valence electrons. The van der Waals surface area contributed by atoms with Crippen molar-refractivity contribution in [1.29, 1.82) is 0 Å². The molecule has 0 aliphatic carbocycles. The minimum Gasteiger partial charge on any atom is -0.507 e. The molecule has 0 aliphatic rings. The molecule has 30 nitrogen and oxygen atoms in total. The largest absolute Gasteiger partial charge is 0.507 e. The summed E-state index contributed by atoms with van der Waals surface area (Å²) in [4.78, 5) is 0. The number of aromatic hydroxyl groups is 12. The van der Waals surface area contributed by atoms with Gasteiger partial charge in [0.05, 0.1) is 119 Å². The number of phenolic OH excluding ortho intramolecular Hbond substituents is 2. The van der Waals surface area contributed by atoms with Crippen LogP contribution in [0.3, 0.4) is 0 Å². The topological polar surface area (TPSA) is 585 Å². The smallest absolute Gasteiger partial charge is 0.127 e. The molecule has 0 spiro atoms. The van der Waals surface area contributed by atoms with Crippen molar-refractivity contribution in [2.75, 3.05) is 14.2 Å². The van der Waals surface area contributed by atoms with Crippen LogP contribution in [0.25, 0.3) is 11.1 Å². The van der Waals surface area contributed by atoms with E-state index < -0.39 is 64.4 Å². The molecular formula is C102H130O30. The molecule has 0 radical (unpaired) electrons. The Morgan fingerprint density at radius 2 is 0.409 bits per heavy atom.